The van der Waals surface area contributed by atoms with Crippen molar-refractivity contribution in [2.45, 2.75) is 65.0 Å². The minimum absolute atomic E-state index is 0.0116. The Bertz CT molecular complexity index is 580. The van der Waals surface area contributed by atoms with E-state index in [4.69, 9.17) is 4.74 Å². The summed E-state index contributed by atoms with van der Waals surface area (Å²) in [6.45, 7) is 5.72. The zero-order valence-corrected chi connectivity index (χ0v) is 16.2. The Morgan fingerprint density at radius 2 is 1.85 bits per heavy atom. The molecule has 3 rings (SSSR count). The van der Waals surface area contributed by atoms with Crippen LogP contribution in [-0.4, -0.2) is 35.3 Å². The second-order valence-electron chi connectivity index (χ2n) is 8.62. The highest BCUT2D eigenvalue weighted by molar-refractivity contribution is 5.68. The third-order valence-corrected chi connectivity index (χ3v) is 6.77. The summed E-state index contributed by atoms with van der Waals surface area (Å²) < 4.78 is 5.53. The lowest BCUT2D eigenvalue weighted by atomic mass is 9.64. The molecule has 1 aliphatic heterocycles. The van der Waals surface area contributed by atoms with Crippen molar-refractivity contribution in [3.8, 4) is 0 Å². The Morgan fingerprint density at radius 1 is 1.15 bits per heavy atom. The monoisotopic (exact) mass is 359 g/mol. The Kier molecular flexibility index (Phi) is 6.23. The molecule has 1 aromatic rings. The molecule has 1 aromatic carbocycles. The second kappa shape index (κ2) is 8.43. The fraction of sp³-hybridized carbons (Fsp3) is 0.682. The first-order chi connectivity index (χ1) is 12.5. The maximum Gasteiger partial charge on any atom is 0.410 e. The third-order valence-electron chi connectivity index (χ3n) is 6.77. The van der Waals surface area contributed by atoms with Gasteiger partial charge >= 0.3 is 6.09 Å². The normalized spacial score (nSPS) is 24.7. The van der Waals surface area contributed by atoms with Gasteiger partial charge in [-0.25, -0.2) is 4.79 Å². The number of benzene rings is 1. The van der Waals surface area contributed by atoms with Crippen LogP contribution in [0.2, 0.25) is 0 Å². The molecule has 0 spiro atoms. The van der Waals surface area contributed by atoms with Gasteiger partial charge in [0.15, 0.2) is 0 Å². The van der Waals surface area contributed by atoms with Crippen molar-refractivity contribution in [3.63, 3.8) is 0 Å². The average Bonchev–Trinajstić information content (AvgIpc) is 3.13. The van der Waals surface area contributed by atoms with Crippen molar-refractivity contribution < 1.29 is 14.6 Å². The van der Waals surface area contributed by atoms with Gasteiger partial charge in [0, 0.05) is 6.54 Å². The summed E-state index contributed by atoms with van der Waals surface area (Å²) in [5.41, 5.74) is 1.18. The van der Waals surface area contributed by atoms with Crippen LogP contribution in [-0.2, 0) is 11.3 Å². The average molecular weight is 360 g/mol. The van der Waals surface area contributed by atoms with Gasteiger partial charge in [0.25, 0.3) is 0 Å². The van der Waals surface area contributed by atoms with Crippen LogP contribution >= 0.6 is 0 Å². The molecule has 1 aliphatic carbocycles. The quantitative estimate of drug-likeness (QED) is 0.835. The maximum absolute atomic E-state index is 12.6. The smallest absolute Gasteiger partial charge is 0.410 e. The summed E-state index contributed by atoms with van der Waals surface area (Å²) in [7, 11) is 0. The molecule has 1 heterocycles. The van der Waals surface area contributed by atoms with Gasteiger partial charge in [0.05, 0.1) is 12.6 Å². The SMILES string of the molecule is CC(C)(C1CCCCC1)C1C[C@@H](CO)N(C(=O)OCc2ccccc2)C1. The fourth-order valence-electron chi connectivity index (χ4n) is 4.83. The highest BCUT2D eigenvalue weighted by Gasteiger charge is 2.45. The summed E-state index contributed by atoms with van der Waals surface area (Å²) in [4.78, 5) is 14.4. The van der Waals surface area contributed by atoms with E-state index < -0.39 is 0 Å². The van der Waals surface area contributed by atoms with Crippen molar-refractivity contribution in [3.05, 3.63) is 35.9 Å². The van der Waals surface area contributed by atoms with Crippen molar-refractivity contribution in [1.82, 2.24) is 4.90 Å². The minimum Gasteiger partial charge on any atom is -0.445 e. The summed E-state index contributed by atoms with van der Waals surface area (Å²) in [6, 6.07) is 9.62. The van der Waals surface area contributed by atoms with E-state index in [-0.39, 0.29) is 30.8 Å². The molecule has 1 N–H and O–H groups in total. The first-order valence-electron chi connectivity index (χ1n) is 10.1. The van der Waals surface area contributed by atoms with Crippen LogP contribution in [0.4, 0.5) is 4.79 Å². The van der Waals surface area contributed by atoms with Gasteiger partial charge in [-0.05, 0) is 42.1 Å². The summed E-state index contributed by atoms with van der Waals surface area (Å²) in [5.74, 6) is 1.15. The zero-order valence-electron chi connectivity index (χ0n) is 16.2. The molecular formula is C22H33NO3. The van der Waals surface area contributed by atoms with E-state index in [1.54, 1.807) is 4.90 Å². The number of ether oxygens (including phenoxy) is 1. The lowest BCUT2D eigenvalue weighted by Gasteiger charge is -2.41. The Morgan fingerprint density at radius 3 is 2.50 bits per heavy atom. The van der Waals surface area contributed by atoms with E-state index in [1.165, 1.54) is 32.1 Å². The number of hydrogen-bond acceptors (Lipinski definition) is 3. The predicted molar refractivity (Wildman–Crippen MR) is 103 cm³/mol. The number of aliphatic hydroxyl groups excluding tert-OH is 1. The highest BCUT2D eigenvalue weighted by atomic mass is 16.6. The molecule has 2 atom stereocenters. The summed E-state index contributed by atoms with van der Waals surface area (Å²) >= 11 is 0. The summed E-state index contributed by atoms with van der Waals surface area (Å²) in [6.07, 6.45) is 7.18. The van der Waals surface area contributed by atoms with Crippen molar-refractivity contribution in [1.29, 1.82) is 0 Å². The number of rotatable bonds is 5. The number of hydrogen-bond donors (Lipinski definition) is 1. The number of carbonyl (C=O) groups is 1. The molecule has 1 saturated carbocycles. The molecule has 2 aliphatic rings. The fourth-order valence-corrected chi connectivity index (χ4v) is 4.83. The molecule has 144 valence electrons. The number of nitrogens with zero attached hydrogens (tertiary/aromatic N) is 1. The highest BCUT2D eigenvalue weighted by Crippen LogP contribution is 2.47. The van der Waals surface area contributed by atoms with Crippen LogP contribution in [0.25, 0.3) is 0 Å². The molecule has 1 amide bonds. The first kappa shape index (κ1) is 19.2. The first-order valence-corrected chi connectivity index (χ1v) is 10.1. The van der Waals surface area contributed by atoms with Crippen LogP contribution in [0.3, 0.4) is 0 Å². The van der Waals surface area contributed by atoms with Crippen molar-refractivity contribution >= 4 is 6.09 Å². The van der Waals surface area contributed by atoms with Crippen molar-refractivity contribution in [2.24, 2.45) is 17.3 Å². The molecular weight excluding hydrogens is 326 g/mol. The second-order valence-corrected chi connectivity index (χ2v) is 8.62. The standard InChI is InChI=1S/C22H33NO3/c1-22(2,18-11-7-4-8-12-18)19-13-20(15-24)23(14-19)21(25)26-16-17-9-5-3-6-10-17/h3,5-6,9-10,18-20,24H,4,7-8,11-16H2,1-2H3/t19?,20-/m0/s1. The Balaban J connectivity index is 1.61. The molecule has 26 heavy (non-hydrogen) atoms. The third kappa shape index (κ3) is 4.22. The van der Waals surface area contributed by atoms with E-state index in [2.05, 4.69) is 13.8 Å². The van der Waals surface area contributed by atoms with Gasteiger partial charge in [0.2, 0.25) is 0 Å². The van der Waals surface area contributed by atoms with Gasteiger partial charge in [-0.15, -0.1) is 0 Å². The summed E-state index contributed by atoms with van der Waals surface area (Å²) in [5, 5.41) is 9.81. The molecule has 1 saturated heterocycles. The largest absolute Gasteiger partial charge is 0.445 e. The van der Waals surface area contributed by atoms with Crippen LogP contribution in [0.5, 0.6) is 0 Å². The van der Waals surface area contributed by atoms with Gasteiger partial charge in [-0.3, -0.25) is 0 Å². The van der Waals surface area contributed by atoms with Crippen LogP contribution in [0.15, 0.2) is 30.3 Å². The van der Waals surface area contributed by atoms with E-state index in [1.807, 2.05) is 30.3 Å². The van der Waals surface area contributed by atoms with Crippen LogP contribution < -0.4 is 0 Å². The molecule has 4 heteroatoms. The molecule has 4 nitrogen and oxygen atoms in total. The zero-order chi connectivity index (χ0) is 18.6. The van der Waals surface area contributed by atoms with Gasteiger partial charge in [0.1, 0.15) is 6.61 Å². The molecule has 0 radical (unpaired) electrons. The van der Waals surface area contributed by atoms with Crippen LogP contribution in [0, 0.1) is 17.3 Å². The van der Waals surface area contributed by atoms with Crippen molar-refractivity contribution in [2.75, 3.05) is 13.2 Å². The lowest BCUT2D eigenvalue weighted by Crippen LogP contribution is -2.39. The van der Waals surface area contributed by atoms with Gasteiger partial charge in [-0.1, -0.05) is 63.4 Å². The Labute approximate surface area is 157 Å². The molecule has 0 bridgehead atoms. The van der Waals surface area contributed by atoms with Gasteiger partial charge < -0.3 is 14.7 Å². The predicted octanol–water partition coefficient (Wildman–Crippen LogP) is 4.61. The number of aliphatic hydroxyl groups is 1. The van der Waals surface area contributed by atoms with E-state index in [0.29, 0.717) is 12.5 Å². The number of likely N-dealkylation sites (tertiary alicyclic amines) is 1. The van der Waals surface area contributed by atoms with E-state index >= 15 is 0 Å². The number of amides is 1. The lowest BCUT2D eigenvalue weighted by molar-refractivity contribution is 0.0702. The minimum atomic E-state index is -0.296. The number of carbonyl (C=O) groups excluding carboxylic acids is 1. The molecule has 0 aromatic heterocycles. The molecule has 2 fully saturated rings. The Hall–Kier alpha value is -1.55. The van der Waals surface area contributed by atoms with Gasteiger partial charge in [-0.2, -0.15) is 0 Å². The van der Waals surface area contributed by atoms with E-state index in [0.717, 1.165) is 17.9 Å². The maximum atomic E-state index is 12.6. The van der Waals surface area contributed by atoms with E-state index in [9.17, 15) is 9.90 Å². The topological polar surface area (TPSA) is 49.8 Å². The molecule has 1 unspecified atom stereocenters. The van der Waals surface area contributed by atoms with Crippen LogP contribution in [0.1, 0.15) is 57.9 Å².